The molecule has 2 atom stereocenters. The lowest BCUT2D eigenvalue weighted by Crippen LogP contribution is -2.55. The van der Waals surface area contributed by atoms with Crippen LogP contribution in [0.3, 0.4) is 0 Å². The highest BCUT2D eigenvalue weighted by molar-refractivity contribution is 9.10. The van der Waals surface area contributed by atoms with Crippen LogP contribution in [0.1, 0.15) is 55.3 Å². The summed E-state index contributed by atoms with van der Waals surface area (Å²) in [6.45, 7) is 0.438. The second-order valence-electron chi connectivity index (χ2n) is 7.38. The van der Waals surface area contributed by atoms with Crippen molar-refractivity contribution in [3.63, 3.8) is 0 Å². The lowest BCUT2D eigenvalue weighted by atomic mass is 9.83. The summed E-state index contributed by atoms with van der Waals surface area (Å²) in [5.41, 5.74) is 0.489. The number of carboxylic acids is 1. The summed E-state index contributed by atoms with van der Waals surface area (Å²) in [7, 11) is 0. The van der Waals surface area contributed by atoms with Gasteiger partial charge in [-0.3, -0.25) is 9.59 Å². The average Bonchev–Trinajstić information content (AvgIpc) is 3.17. The third-order valence-corrected chi connectivity index (χ3v) is 6.13. The Bertz CT molecular complexity index is 700. The minimum atomic E-state index is -0.970. The maximum atomic E-state index is 13.2. The number of carbonyl (C=O) groups excluding carboxylic acids is 2. The van der Waals surface area contributed by atoms with Crippen molar-refractivity contribution in [2.24, 2.45) is 5.92 Å². The highest BCUT2D eigenvalue weighted by atomic mass is 79.9. The standard InChI is InChI=1S/C20H25BrN2O4/c21-15-10-8-14(9-11-15)18(24)22-17(13-5-2-1-3-6-13)19(25)23-12-4-7-16(23)20(26)27/h8-11,13,16-17H,1-7,12H2,(H,22,24)(H,26,27)/t16-,17-/m0/s1. The third kappa shape index (κ3) is 4.69. The van der Waals surface area contributed by atoms with Gasteiger partial charge in [0.05, 0.1) is 0 Å². The number of aliphatic carboxylic acids is 1. The minimum Gasteiger partial charge on any atom is -0.480 e. The molecule has 27 heavy (non-hydrogen) atoms. The summed E-state index contributed by atoms with van der Waals surface area (Å²) in [6, 6.07) is 5.53. The number of hydrogen-bond donors (Lipinski definition) is 2. The van der Waals surface area contributed by atoms with Crippen LogP contribution in [0.15, 0.2) is 28.7 Å². The summed E-state index contributed by atoms with van der Waals surface area (Å²) >= 11 is 3.35. The van der Waals surface area contributed by atoms with Gasteiger partial charge in [-0.15, -0.1) is 0 Å². The lowest BCUT2D eigenvalue weighted by molar-refractivity contribution is -0.149. The fraction of sp³-hybridized carbons (Fsp3) is 0.550. The molecule has 1 aromatic rings. The van der Waals surface area contributed by atoms with Gasteiger partial charge in [0.15, 0.2) is 0 Å². The van der Waals surface area contributed by atoms with E-state index in [1.807, 2.05) is 0 Å². The Hall–Kier alpha value is -1.89. The van der Waals surface area contributed by atoms with Crippen molar-refractivity contribution in [3.8, 4) is 0 Å². The number of benzene rings is 1. The zero-order valence-electron chi connectivity index (χ0n) is 15.2. The molecule has 0 aromatic heterocycles. The molecule has 6 nitrogen and oxygen atoms in total. The summed E-state index contributed by atoms with van der Waals surface area (Å²) in [5.74, 6) is -1.46. The quantitative estimate of drug-likeness (QED) is 0.741. The summed E-state index contributed by atoms with van der Waals surface area (Å²) in [4.78, 5) is 38.9. The molecule has 1 aliphatic carbocycles. The fourth-order valence-corrected chi connectivity index (χ4v) is 4.40. The molecule has 0 radical (unpaired) electrons. The van der Waals surface area contributed by atoms with Gasteiger partial charge >= 0.3 is 5.97 Å². The maximum Gasteiger partial charge on any atom is 0.326 e. The lowest BCUT2D eigenvalue weighted by Gasteiger charge is -2.34. The first-order valence-corrected chi connectivity index (χ1v) is 10.4. The van der Waals surface area contributed by atoms with Gasteiger partial charge in [0.1, 0.15) is 12.1 Å². The Morgan fingerprint density at radius 1 is 1.04 bits per heavy atom. The van der Waals surface area contributed by atoms with E-state index in [1.54, 1.807) is 24.3 Å². The van der Waals surface area contributed by atoms with E-state index in [-0.39, 0.29) is 17.7 Å². The monoisotopic (exact) mass is 436 g/mol. The molecular formula is C20H25BrN2O4. The van der Waals surface area contributed by atoms with E-state index in [9.17, 15) is 19.5 Å². The van der Waals surface area contributed by atoms with Gasteiger partial charge in [-0.2, -0.15) is 0 Å². The van der Waals surface area contributed by atoms with Crippen molar-refractivity contribution >= 4 is 33.7 Å². The Balaban J connectivity index is 1.80. The van der Waals surface area contributed by atoms with E-state index in [4.69, 9.17) is 0 Å². The van der Waals surface area contributed by atoms with Crippen molar-refractivity contribution < 1.29 is 19.5 Å². The van der Waals surface area contributed by atoms with Crippen LogP contribution in [0, 0.1) is 5.92 Å². The van der Waals surface area contributed by atoms with E-state index in [0.717, 1.165) is 36.6 Å². The van der Waals surface area contributed by atoms with Gasteiger partial charge in [-0.1, -0.05) is 35.2 Å². The van der Waals surface area contributed by atoms with Crippen LogP contribution in [0.2, 0.25) is 0 Å². The van der Waals surface area contributed by atoms with Crippen molar-refractivity contribution in [2.45, 2.75) is 57.0 Å². The molecule has 2 aliphatic rings. The third-order valence-electron chi connectivity index (χ3n) is 5.60. The summed E-state index contributed by atoms with van der Waals surface area (Å²) < 4.78 is 0.875. The van der Waals surface area contributed by atoms with Crippen LogP contribution >= 0.6 is 15.9 Å². The Kier molecular flexibility index (Phi) is 6.52. The minimum absolute atomic E-state index is 0.0562. The topological polar surface area (TPSA) is 86.7 Å². The molecular weight excluding hydrogens is 412 g/mol. The normalized spacial score (nSPS) is 21.7. The van der Waals surface area contributed by atoms with Crippen LogP contribution < -0.4 is 5.32 Å². The van der Waals surface area contributed by atoms with Crippen LogP contribution in [-0.4, -0.2) is 46.4 Å². The van der Waals surface area contributed by atoms with Gasteiger partial charge in [0, 0.05) is 16.6 Å². The van der Waals surface area contributed by atoms with E-state index < -0.39 is 18.1 Å². The van der Waals surface area contributed by atoms with Crippen molar-refractivity contribution in [2.75, 3.05) is 6.54 Å². The number of nitrogens with one attached hydrogen (secondary N) is 1. The van der Waals surface area contributed by atoms with Crippen LogP contribution in [0.25, 0.3) is 0 Å². The van der Waals surface area contributed by atoms with Crippen molar-refractivity contribution in [3.05, 3.63) is 34.3 Å². The number of halogens is 1. The largest absolute Gasteiger partial charge is 0.480 e. The second-order valence-corrected chi connectivity index (χ2v) is 8.30. The maximum absolute atomic E-state index is 13.2. The van der Waals surface area contributed by atoms with E-state index >= 15 is 0 Å². The molecule has 3 rings (SSSR count). The average molecular weight is 437 g/mol. The number of rotatable bonds is 5. The molecule has 1 aromatic carbocycles. The molecule has 146 valence electrons. The first-order chi connectivity index (χ1) is 13.0. The Morgan fingerprint density at radius 2 is 1.70 bits per heavy atom. The number of likely N-dealkylation sites (tertiary alicyclic amines) is 1. The van der Waals surface area contributed by atoms with Crippen LogP contribution in [-0.2, 0) is 9.59 Å². The molecule has 2 fully saturated rings. The van der Waals surface area contributed by atoms with Crippen LogP contribution in [0.4, 0.5) is 0 Å². The van der Waals surface area contributed by atoms with E-state index in [1.165, 1.54) is 4.90 Å². The van der Waals surface area contributed by atoms with Gasteiger partial charge < -0.3 is 15.3 Å². The number of carbonyl (C=O) groups is 3. The summed E-state index contributed by atoms with van der Waals surface area (Å²) in [6.07, 6.45) is 6.11. The van der Waals surface area contributed by atoms with Gasteiger partial charge in [-0.25, -0.2) is 4.79 Å². The predicted molar refractivity (Wildman–Crippen MR) is 104 cm³/mol. The van der Waals surface area contributed by atoms with Crippen molar-refractivity contribution in [1.29, 1.82) is 0 Å². The Morgan fingerprint density at radius 3 is 2.33 bits per heavy atom. The molecule has 1 saturated heterocycles. The van der Waals surface area contributed by atoms with Crippen LogP contribution in [0.5, 0.6) is 0 Å². The van der Waals surface area contributed by atoms with E-state index in [2.05, 4.69) is 21.2 Å². The Labute approximate surface area is 167 Å². The zero-order valence-corrected chi connectivity index (χ0v) is 16.8. The zero-order chi connectivity index (χ0) is 19.4. The molecule has 0 spiro atoms. The molecule has 1 saturated carbocycles. The molecule has 1 heterocycles. The molecule has 2 N–H and O–H groups in total. The molecule has 1 aliphatic heterocycles. The highest BCUT2D eigenvalue weighted by Crippen LogP contribution is 2.29. The number of hydrogen-bond acceptors (Lipinski definition) is 3. The van der Waals surface area contributed by atoms with Gasteiger partial charge in [0.2, 0.25) is 5.91 Å². The number of carboxylic acid groups (broad SMARTS) is 1. The van der Waals surface area contributed by atoms with Gasteiger partial charge in [0.25, 0.3) is 5.91 Å². The first kappa shape index (κ1) is 19.9. The molecule has 7 heteroatoms. The predicted octanol–water partition coefficient (Wildman–Crippen LogP) is 3.20. The molecule has 0 unspecified atom stereocenters. The highest BCUT2D eigenvalue weighted by Gasteiger charge is 2.40. The second kappa shape index (κ2) is 8.87. The number of amides is 2. The van der Waals surface area contributed by atoms with Crippen molar-refractivity contribution in [1.82, 2.24) is 10.2 Å². The molecule has 2 amide bonds. The number of nitrogens with zero attached hydrogens (tertiary/aromatic N) is 1. The summed E-state index contributed by atoms with van der Waals surface area (Å²) in [5, 5.41) is 12.3. The molecule has 0 bridgehead atoms. The SMILES string of the molecule is O=C(N[C@H](C(=O)N1CCC[C@H]1C(=O)O)C1CCCCC1)c1ccc(Br)cc1. The van der Waals surface area contributed by atoms with Gasteiger partial charge in [-0.05, 0) is 55.9 Å². The first-order valence-electron chi connectivity index (χ1n) is 9.57. The smallest absolute Gasteiger partial charge is 0.326 e. The fourth-order valence-electron chi connectivity index (χ4n) is 4.14. The van der Waals surface area contributed by atoms with E-state index in [0.29, 0.717) is 24.9 Å².